The molecule has 0 fully saturated rings. The summed E-state index contributed by atoms with van der Waals surface area (Å²) in [7, 11) is 0. The molecule has 0 unspecified atom stereocenters. The number of nitriles is 1. The van der Waals surface area contributed by atoms with Crippen molar-refractivity contribution < 1.29 is 31.5 Å². The van der Waals surface area contributed by atoms with Crippen molar-refractivity contribution >= 4 is 5.97 Å². The van der Waals surface area contributed by atoms with Crippen LogP contribution >= 0.6 is 0 Å². The highest BCUT2D eigenvalue weighted by molar-refractivity contribution is 5.66. The molecule has 0 aliphatic rings. The van der Waals surface area contributed by atoms with Gasteiger partial charge in [0.15, 0.2) is 23.3 Å². The number of rotatable bonds is 2. The van der Waals surface area contributed by atoms with Crippen molar-refractivity contribution in [2.24, 2.45) is 0 Å². The van der Waals surface area contributed by atoms with E-state index in [1.807, 2.05) is 0 Å². The molecule has 0 amide bonds. The van der Waals surface area contributed by atoms with E-state index >= 15 is 0 Å². The van der Waals surface area contributed by atoms with Crippen LogP contribution in [0.2, 0.25) is 0 Å². The number of esters is 1. The standard InChI is InChI=1S/C10H4F5NO2/c1-3(17)18-4(2-16)5-6(11)8(13)10(15)9(14)7(5)12/h4H,1H3/t4-/m0/s1. The molecule has 96 valence electrons. The van der Waals surface area contributed by atoms with Gasteiger partial charge in [-0.15, -0.1) is 0 Å². The van der Waals surface area contributed by atoms with E-state index in [1.54, 1.807) is 0 Å². The summed E-state index contributed by atoms with van der Waals surface area (Å²) in [5, 5.41) is 8.53. The second kappa shape index (κ2) is 5.00. The summed E-state index contributed by atoms with van der Waals surface area (Å²) >= 11 is 0. The molecule has 0 aliphatic heterocycles. The van der Waals surface area contributed by atoms with Crippen LogP contribution in [0.15, 0.2) is 0 Å². The average Bonchev–Trinajstić information content (AvgIpc) is 2.32. The van der Waals surface area contributed by atoms with Crippen molar-refractivity contribution in [2.45, 2.75) is 13.0 Å². The number of benzene rings is 1. The van der Waals surface area contributed by atoms with E-state index in [9.17, 15) is 26.7 Å². The topological polar surface area (TPSA) is 50.1 Å². The number of carbonyl (C=O) groups is 1. The number of halogens is 5. The van der Waals surface area contributed by atoms with E-state index in [0.717, 1.165) is 13.0 Å². The van der Waals surface area contributed by atoms with Crippen LogP contribution in [0.5, 0.6) is 0 Å². The highest BCUT2D eigenvalue weighted by atomic mass is 19.2. The molecular weight excluding hydrogens is 261 g/mol. The number of hydrogen-bond acceptors (Lipinski definition) is 3. The molecule has 0 N–H and O–H groups in total. The van der Waals surface area contributed by atoms with E-state index in [2.05, 4.69) is 4.74 Å². The average molecular weight is 265 g/mol. The minimum Gasteiger partial charge on any atom is -0.442 e. The second-order valence-electron chi connectivity index (χ2n) is 3.10. The van der Waals surface area contributed by atoms with Crippen LogP contribution in [0, 0.1) is 40.4 Å². The van der Waals surface area contributed by atoms with Gasteiger partial charge in [0.05, 0.1) is 5.56 Å². The van der Waals surface area contributed by atoms with Gasteiger partial charge in [0.1, 0.15) is 6.07 Å². The maximum atomic E-state index is 13.2. The van der Waals surface area contributed by atoms with Gasteiger partial charge in [-0.1, -0.05) is 0 Å². The van der Waals surface area contributed by atoms with Crippen molar-refractivity contribution in [3.63, 3.8) is 0 Å². The summed E-state index contributed by atoms with van der Waals surface area (Å²) < 4.78 is 69.0. The first-order valence-electron chi connectivity index (χ1n) is 4.39. The SMILES string of the molecule is CC(=O)O[C@@H](C#N)c1c(F)c(F)c(F)c(F)c1F. The van der Waals surface area contributed by atoms with Gasteiger partial charge in [-0.05, 0) is 0 Å². The molecule has 0 spiro atoms. The van der Waals surface area contributed by atoms with Crippen LogP contribution in [0.25, 0.3) is 0 Å². The molecule has 3 nitrogen and oxygen atoms in total. The van der Waals surface area contributed by atoms with Crippen LogP contribution in [-0.2, 0) is 9.53 Å². The Bertz CT molecular complexity index is 523. The summed E-state index contributed by atoms with van der Waals surface area (Å²) in [4.78, 5) is 10.6. The predicted octanol–water partition coefficient (Wildman–Crippen LogP) is 2.51. The highest BCUT2D eigenvalue weighted by Gasteiger charge is 2.31. The van der Waals surface area contributed by atoms with Crippen LogP contribution in [-0.4, -0.2) is 5.97 Å². The molecule has 0 saturated heterocycles. The second-order valence-corrected chi connectivity index (χ2v) is 3.10. The number of nitrogens with zero attached hydrogens (tertiary/aromatic N) is 1. The van der Waals surface area contributed by atoms with Crippen LogP contribution in [0.3, 0.4) is 0 Å². The van der Waals surface area contributed by atoms with Gasteiger partial charge in [0.2, 0.25) is 11.9 Å². The molecule has 0 aliphatic carbocycles. The molecule has 1 atom stereocenters. The Morgan fingerprint density at radius 1 is 1.06 bits per heavy atom. The lowest BCUT2D eigenvalue weighted by atomic mass is 10.1. The number of ether oxygens (including phenoxy) is 1. The minimum atomic E-state index is -2.35. The fourth-order valence-corrected chi connectivity index (χ4v) is 1.17. The fraction of sp³-hybridized carbons (Fsp3) is 0.200. The molecule has 1 aromatic rings. The zero-order valence-corrected chi connectivity index (χ0v) is 8.73. The van der Waals surface area contributed by atoms with Crippen molar-refractivity contribution in [2.75, 3.05) is 0 Å². The van der Waals surface area contributed by atoms with Crippen LogP contribution < -0.4 is 0 Å². The van der Waals surface area contributed by atoms with E-state index in [-0.39, 0.29) is 0 Å². The lowest BCUT2D eigenvalue weighted by Gasteiger charge is -2.12. The third-order valence-electron chi connectivity index (χ3n) is 1.91. The monoisotopic (exact) mass is 265 g/mol. The summed E-state index contributed by atoms with van der Waals surface area (Å²) in [6, 6.07) is 1.13. The van der Waals surface area contributed by atoms with Gasteiger partial charge >= 0.3 is 5.97 Å². The maximum Gasteiger partial charge on any atom is 0.304 e. The third kappa shape index (κ3) is 2.25. The molecule has 0 saturated carbocycles. The normalized spacial score (nSPS) is 11.8. The van der Waals surface area contributed by atoms with E-state index in [0.29, 0.717) is 0 Å². The Kier molecular flexibility index (Phi) is 3.86. The molecule has 1 rings (SSSR count). The van der Waals surface area contributed by atoms with E-state index in [1.165, 1.54) is 0 Å². The van der Waals surface area contributed by atoms with Crippen LogP contribution in [0.1, 0.15) is 18.6 Å². The third-order valence-corrected chi connectivity index (χ3v) is 1.91. The first kappa shape index (κ1) is 13.9. The van der Waals surface area contributed by atoms with E-state index < -0.39 is 46.7 Å². The maximum absolute atomic E-state index is 13.2. The Labute approximate surface area is 97.4 Å². The Balaban J connectivity index is 3.50. The molecule has 0 radical (unpaired) electrons. The largest absolute Gasteiger partial charge is 0.442 e. The van der Waals surface area contributed by atoms with Crippen LogP contribution in [0.4, 0.5) is 22.0 Å². The Hall–Kier alpha value is -2.17. The molecule has 0 bridgehead atoms. The zero-order valence-electron chi connectivity index (χ0n) is 8.73. The number of carbonyl (C=O) groups excluding carboxylic acids is 1. The summed E-state index contributed by atoms with van der Waals surface area (Å²) in [5.41, 5.74) is -1.50. The highest BCUT2D eigenvalue weighted by Crippen LogP contribution is 2.29. The summed E-state index contributed by atoms with van der Waals surface area (Å²) in [6.45, 7) is 0.816. The van der Waals surface area contributed by atoms with Gasteiger partial charge < -0.3 is 4.74 Å². The fourth-order valence-electron chi connectivity index (χ4n) is 1.17. The number of hydrogen-bond donors (Lipinski definition) is 0. The van der Waals surface area contributed by atoms with Gasteiger partial charge in [-0.2, -0.15) is 5.26 Å². The molecule has 0 aromatic heterocycles. The van der Waals surface area contributed by atoms with E-state index in [4.69, 9.17) is 5.26 Å². The van der Waals surface area contributed by atoms with Crippen molar-refractivity contribution in [1.29, 1.82) is 5.26 Å². The molecule has 0 heterocycles. The molecule has 8 heteroatoms. The van der Waals surface area contributed by atoms with Gasteiger partial charge in [0.25, 0.3) is 0 Å². The van der Waals surface area contributed by atoms with Gasteiger partial charge in [0, 0.05) is 6.92 Å². The summed E-state index contributed by atoms with van der Waals surface area (Å²) in [5.74, 6) is -12.3. The smallest absolute Gasteiger partial charge is 0.304 e. The summed E-state index contributed by atoms with van der Waals surface area (Å²) in [6.07, 6.45) is -2.22. The van der Waals surface area contributed by atoms with Crippen molar-refractivity contribution in [1.82, 2.24) is 0 Å². The minimum absolute atomic E-state index is 0.816. The van der Waals surface area contributed by atoms with Gasteiger partial charge in [-0.25, -0.2) is 22.0 Å². The lowest BCUT2D eigenvalue weighted by molar-refractivity contribution is -0.144. The zero-order chi connectivity index (χ0) is 14.0. The Morgan fingerprint density at radius 2 is 1.44 bits per heavy atom. The molecule has 1 aromatic carbocycles. The van der Waals surface area contributed by atoms with Gasteiger partial charge in [-0.3, -0.25) is 4.79 Å². The molecule has 18 heavy (non-hydrogen) atoms. The van der Waals surface area contributed by atoms with Crippen molar-refractivity contribution in [3.05, 3.63) is 34.6 Å². The van der Waals surface area contributed by atoms with Crippen molar-refractivity contribution in [3.8, 4) is 6.07 Å². The Morgan fingerprint density at radius 3 is 1.78 bits per heavy atom. The first-order valence-corrected chi connectivity index (χ1v) is 4.39. The predicted molar refractivity (Wildman–Crippen MR) is 46.4 cm³/mol. The molecular formula is C10H4F5NO2. The quantitative estimate of drug-likeness (QED) is 0.357. The first-order chi connectivity index (χ1) is 8.31. The lowest BCUT2D eigenvalue weighted by Crippen LogP contribution is -2.14.